The lowest BCUT2D eigenvalue weighted by molar-refractivity contribution is 0.0697. The van der Waals surface area contributed by atoms with Crippen molar-refractivity contribution in [3.8, 4) is 5.69 Å². The van der Waals surface area contributed by atoms with Crippen molar-refractivity contribution in [2.45, 2.75) is 25.3 Å². The van der Waals surface area contributed by atoms with E-state index in [-0.39, 0.29) is 11.9 Å². The third kappa shape index (κ3) is 4.34. The van der Waals surface area contributed by atoms with Gasteiger partial charge in [-0.15, -0.1) is 0 Å². The summed E-state index contributed by atoms with van der Waals surface area (Å²) < 4.78 is 7.24. The van der Waals surface area contributed by atoms with Crippen molar-refractivity contribution in [2.75, 3.05) is 13.2 Å². The summed E-state index contributed by atoms with van der Waals surface area (Å²) in [5.74, 6) is -0.0634. The Morgan fingerprint density at radius 2 is 1.87 bits per heavy atom. The highest BCUT2D eigenvalue weighted by Crippen LogP contribution is 2.22. The predicted molar refractivity (Wildman–Crippen MR) is 119 cm³/mol. The third-order valence-electron chi connectivity index (χ3n) is 5.68. The van der Waals surface area contributed by atoms with Crippen molar-refractivity contribution < 1.29 is 9.53 Å². The number of rotatable bonds is 5. The average molecular weight is 412 g/mol. The summed E-state index contributed by atoms with van der Waals surface area (Å²) >= 11 is 0. The maximum Gasteiger partial charge on any atom is 0.253 e. The first kappa shape index (κ1) is 19.5. The first-order valence-electron chi connectivity index (χ1n) is 10.6. The zero-order valence-corrected chi connectivity index (χ0v) is 17.2. The number of fused-ring (bicyclic) bond motifs is 1. The molecule has 0 radical (unpaired) electrons. The van der Waals surface area contributed by atoms with Crippen LogP contribution in [-0.2, 0) is 11.2 Å². The second-order valence-electron chi connectivity index (χ2n) is 7.87. The van der Waals surface area contributed by atoms with Gasteiger partial charge in [0.1, 0.15) is 0 Å². The number of carbonyl (C=O) groups excluding carboxylic acids is 1. The lowest BCUT2D eigenvalue weighted by Crippen LogP contribution is -2.39. The summed E-state index contributed by atoms with van der Waals surface area (Å²) in [4.78, 5) is 17.6. The minimum atomic E-state index is -0.0634. The first-order chi connectivity index (χ1) is 15.3. The summed E-state index contributed by atoms with van der Waals surface area (Å²) in [6.07, 6.45) is 7.86. The lowest BCUT2D eigenvalue weighted by Gasteiger charge is -2.23. The number of hydrogen-bond acceptors (Lipinski definition) is 4. The van der Waals surface area contributed by atoms with E-state index in [9.17, 15) is 4.79 Å². The molecule has 2 aromatic carbocycles. The van der Waals surface area contributed by atoms with Gasteiger partial charge in [0.25, 0.3) is 5.91 Å². The molecule has 1 aliphatic heterocycles. The molecule has 0 unspecified atom stereocenters. The fraction of sp³-hybridized carbons (Fsp3) is 0.240. The van der Waals surface area contributed by atoms with E-state index in [1.54, 1.807) is 12.4 Å². The number of carbonyl (C=O) groups is 1. The van der Waals surface area contributed by atoms with Crippen LogP contribution in [-0.4, -0.2) is 39.9 Å². The topological polar surface area (TPSA) is 69.0 Å². The summed E-state index contributed by atoms with van der Waals surface area (Å²) in [5, 5.41) is 8.42. The molecule has 1 N–H and O–H groups in total. The Bertz CT molecular complexity index is 1180. The molecule has 31 heavy (non-hydrogen) atoms. The van der Waals surface area contributed by atoms with Crippen molar-refractivity contribution in [1.29, 1.82) is 0 Å². The van der Waals surface area contributed by atoms with Crippen LogP contribution in [0.3, 0.4) is 0 Å². The van der Waals surface area contributed by atoms with Gasteiger partial charge >= 0.3 is 0 Å². The molecular formula is C25H24N4O2. The lowest BCUT2D eigenvalue weighted by atomic mass is 9.98. The number of benzene rings is 2. The molecule has 0 spiro atoms. The van der Waals surface area contributed by atoms with Crippen molar-refractivity contribution >= 4 is 16.8 Å². The highest BCUT2D eigenvalue weighted by molar-refractivity contribution is 6.05. The first-order valence-corrected chi connectivity index (χ1v) is 10.6. The van der Waals surface area contributed by atoms with Crippen molar-refractivity contribution in [1.82, 2.24) is 20.1 Å². The molecule has 3 heterocycles. The monoisotopic (exact) mass is 412 g/mol. The number of nitrogens with zero attached hydrogens (tertiary/aromatic N) is 3. The average Bonchev–Trinajstić information content (AvgIpc) is 3.35. The molecule has 0 bridgehead atoms. The minimum absolute atomic E-state index is 0.0634. The largest absolute Gasteiger partial charge is 0.381 e. The van der Waals surface area contributed by atoms with Crippen LogP contribution in [0.1, 0.15) is 34.3 Å². The van der Waals surface area contributed by atoms with Gasteiger partial charge in [0.15, 0.2) is 0 Å². The standard InChI is InChI=1S/C25H24N4O2/c30-25(28-21-8-13-31-14-9-21)23-17-19(16-20-3-1-10-26-24(20)23)15-18-4-6-22(7-5-18)29-12-2-11-27-29/h1-7,10-12,16-17,21H,8-9,13-15H2,(H,28,30). The van der Waals surface area contributed by atoms with E-state index in [0.717, 1.165) is 41.4 Å². The molecule has 1 amide bonds. The van der Waals surface area contributed by atoms with Crippen LogP contribution in [0.5, 0.6) is 0 Å². The molecule has 6 heteroatoms. The van der Waals surface area contributed by atoms with Gasteiger partial charge in [-0.2, -0.15) is 5.10 Å². The second-order valence-corrected chi connectivity index (χ2v) is 7.87. The number of ether oxygens (including phenoxy) is 1. The molecular weight excluding hydrogens is 388 g/mol. The third-order valence-corrected chi connectivity index (χ3v) is 5.68. The van der Waals surface area contributed by atoms with Crippen LogP contribution >= 0.6 is 0 Å². The van der Waals surface area contributed by atoms with Gasteiger partial charge in [0.05, 0.1) is 16.8 Å². The fourth-order valence-corrected chi connectivity index (χ4v) is 4.06. The number of hydrogen-bond donors (Lipinski definition) is 1. The molecule has 0 aliphatic carbocycles. The van der Waals surface area contributed by atoms with Crippen LogP contribution in [0.4, 0.5) is 0 Å². The van der Waals surface area contributed by atoms with E-state index in [2.05, 4.69) is 45.7 Å². The molecule has 1 aliphatic rings. The Morgan fingerprint density at radius 1 is 1.03 bits per heavy atom. The molecule has 1 fully saturated rings. The molecule has 5 rings (SSSR count). The number of aromatic nitrogens is 3. The van der Waals surface area contributed by atoms with E-state index in [1.807, 2.05) is 35.1 Å². The van der Waals surface area contributed by atoms with Crippen molar-refractivity contribution in [2.24, 2.45) is 0 Å². The maximum atomic E-state index is 13.1. The zero-order chi connectivity index (χ0) is 21.0. The van der Waals surface area contributed by atoms with Crippen LogP contribution in [0.25, 0.3) is 16.6 Å². The van der Waals surface area contributed by atoms with Gasteiger partial charge in [-0.3, -0.25) is 9.78 Å². The van der Waals surface area contributed by atoms with E-state index >= 15 is 0 Å². The van der Waals surface area contributed by atoms with Crippen molar-refractivity contribution in [3.63, 3.8) is 0 Å². The molecule has 6 nitrogen and oxygen atoms in total. The fourth-order valence-electron chi connectivity index (χ4n) is 4.06. The normalized spacial score (nSPS) is 14.6. The van der Waals surface area contributed by atoms with Gasteiger partial charge in [-0.05, 0) is 66.8 Å². The Morgan fingerprint density at radius 3 is 2.65 bits per heavy atom. The summed E-state index contributed by atoms with van der Waals surface area (Å²) in [6, 6.07) is 18.4. The van der Waals surface area contributed by atoms with Gasteiger partial charge in [0.2, 0.25) is 0 Å². The number of pyridine rings is 1. The maximum absolute atomic E-state index is 13.1. The van der Waals surface area contributed by atoms with E-state index in [0.29, 0.717) is 18.8 Å². The van der Waals surface area contributed by atoms with Gasteiger partial charge in [-0.25, -0.2) is 4.68 Å². The molecule has 2 aromatic heterocycles. The van der Waals surface area contributed by atoms with Crippen LogP contribution in [0.2, 0.25) is 0 Å². The van der Waals surface area contributed by atoms with E-state index in [4.69, 9.17) is 4.74 Å². The Labute approximate surface area is 180 Å². The Balaban J connectivity index is 1.41. The molecule has 0 atom stereocenters. The molecule has 1 saturated heterocycles. The van der Waals surface area contributed by atoms with Crippen LogP contribution in [0.15, 0.2) is 73.2 Å². The molecule has 156 valence electrons. The predicted octanol–water partition coefficient (Wildman–Crippen LogP) is 3.92. The molecule has 4 aromatic rings. The SMILES string of the molecule is O=C(NC1CCOCC1)c1cc(Cc2ccc(-n3cccn3)cc2)cc2cccnc12. The quantitative estimate of drug-likeness (QED) is 0.539. The smallest absolute Gasteiger partial charge is 0.253 e. The summed E-state index contributed by atoms with van der Waals surface area (Å²) in [6.45, 7) is 1.39. The van der Waals surface area contributed by atoms with Gasteiger partial charge in [0, 0.05) is 43.2 Å². The highest BCUT2D eigenvalue weighted by Gasteiger charge is 2.19. The molecule has 0 saturated carbocycles. The van der Waals surface area contributed by atoms with Gasteiger partial charge in [-0.1, -0.05) is 18.2 Å². The van der Waals surface area contributed by atoms with E-state index < -0.39 is 0 Å². The summed E-state index contributed by atoms with van der Waals surface area (Å²) in [5.41, 5.74) is 4.66. The minimum Gasteiger partial charge on any atom is -0.381 e. The highest BCUT2D eigenvalue weighted by atomic mass is 16.5. The second kappa shape index (κ2) is 8.70. The summed E-state index contributed by atoms with van der Waals surface area (Å²) in [7, 11) is 0. The van der Waals surface area contributed by atoms with Crippen LogP contribution in [0, 0.1) is 0 Å². The van der Waals surface area contributed by atoms with Gasteiger partial charge < -0.3 is 10.1 Å². The zero-order valence-electron chi connectivity index (χ0n) is 17.2. The number of nitrogens with one attached hydrogen (secondary N) is 1. The number of amides is 1. The Kier molecular flexibility index (Phi) is 5.46. The van der Waals surface area contributed by atoms with Crippen LogP contribution < -0.4 is 5.32 Å². The Hall–Kier alpha value is -3.51. The van der Waals surface area contributed by atoms with E-state index in [1.165, 1.54) is 5.56 Å². The van der Waals surface area contributed by atoms with Crippen molar-refractivity contribution in [3.05, 3.63) is 89.9 Å².